The van der Waals surface area contributed by atoms with E-state index in [1.54, 1.807) is 13.2 Å². The van der Waals surface area contributed by atoms with Gasteiger partial charge in [-0.05, 0) is 19.1 Å². The van der Waals surface area contributed by atoms with E-state index in [0.29, 0.717) is 5.75 Å². The van der Waals surface area contributed by atoms with E-state index in [1.807, 2.05) is 18.2 Å². The molecule has 0 aliphatic heterocycles. The van der Waals surface area contributed by atoms with Crippen molar-refractivity contribution >= 4 is 17.7 Å². The van der Waals surface area contributed by atoms with Gasteiger partial charge >= 0.3 is 5.97 Å². The van der Waals surface area contributed by atoms with Crippen LogP contribution in [0, 0.1) is 0 Å². The molecule has 0 spiro atoms. The van der Waals surface area contributed by atoms with Crippen LogP contribution in [0.3, 0.4) is 0 Å². The smallest absolute Gasteiger partial charge is 0.336 e. The summed E-state index contributed by atoms with van der Waals surface area (Å²) in [6.07, 6.45) is 0. The van der Waals surface area contributed by atoms with Gasteiger partial charge in [-0.1, -0.05) is 12.1 Å². The number of para-hydroxylation sites is 1. The molecule has 0 amide bonds. The zero-order chi connectivity index (χ0) is 12.2. The first-order valence-corrected chi connectivity index (χ1v) is 5.67. The van der Waals surface area contributed by atoms with Gasteiger partial charge in [0.15, 0.2) is 5.60 Å². The van der Waals surface area contributed by atoms with Crippen molar-refractivity contribution in [2.75, 3.05) is 12.9 Å². The third-order valence-electron chi connectivity index (χ3n) is 2.04. The van der Waals surface area contributed by atoms with Crippen molar-refractivity contribution in [1.82, 2.24) is 0 Å². The average Bonchev–Trinajstić information content (AvgIpc) is 2.26. The second-order valence-electron chi connectivity index (χ2n) is 3.52. The van der Waals surface area contributed by atoms with Crippen LogP contribution in [0.15, 0.2) is 29.2 Å². The Labute approximate surface area is 98.2 Å². The number of ether oxygens (including phenoxy) is 1. The summed E-state index contributed by atoms with van der Waals surface area (Å²) >= 11 is 1.25. The molecule has 0 aliphatic rings. The van der Waals surface area contributed by atoms with Gasteiger partial charge in [-0.15, -0.1) is 11.8 Å². The zero-order valence-corrected chi connectivity index (χ0v) is 9.95. The molecule has 0 saturated carbocycles. The fraction of sp³-hybridized carbons (Fsp3) is 0.364. The lowest BCUT2D eigenvalue weighted by atomic mass is 10.1. The lowest BCUT2D eigenvalue weighted by Crippen LogP contribution is -2.37. The standard InChI is InChI=1S/C11H14O4S/c1-11(14,10(12)13)7-16-9-6-4-3-5-8(9)15-2/h3-6,14H,7H2,1-2H3,(H,12,13). The first-order valence-electron chi connectivity index (χ1n) is 4.69. The molecule has 2 N–H and O–H groups in total. The average molecular weight is 242 g/mol. The number of carboxylic acids is 1. The van der Waals surface area contributed by atoms with Gasteiger partial charge in [0, 0.05) is 10.6 Å². The molecular weight excluding hydrogens is 228 g/mol. The molecule has 0 saturated heterocycles. The highest BCUT2D eigenvalue weighted by Gasteiger charge is 2.30. The third-order valence-corrected chi connectivity index (χ3v) is 3.39. The van der Waals surface area contributed by atoms with Crippen LogP contribution in [0.1, 0.15) is 6.92 Å². The summed E-state index contributed by atoms with van der Waals surface area (Å²) in [5.74, 6) is -0.480. The Hall–Kier alpha value is -1.20. The highest BCUT2D eigenvalue weighted by molar-refractivity contribution is 7.99. The van der Waals surface area contributed by atoms with Gasteiger partial charge in [-0.2, -0.15) is 0 Å². The summed E-state index contributed by atoms with van der Waals surface area (Å²) in [7, 11) is 1.55. The van der Waals surface area contributed by atoms with Crippen LogP contribution in [-0.4, -0.2) is 34.6 Å². The van der Waals surface area contributed by atoms with E-state index in [1.165, 1.54) is 18.7 Å². The monoisotopic (exact) mass is 242 g/mol. The Balaban J connectivity index is 2.71. The van der Waals surface area contributed by atoms with Gasteiger partial charge in [0.25, 0.3) is 0 Å². The van der Waals surface area contributed by atoms with Crippen molar-refractivity contribution in [2.45, 2.75) is 17.4 Å². The number of hydrogen-bond acceptors (Lipinski definition) is 4. The molecule has 4 nitrogen and oxygen atoms in total. The summed E-state index contributed by atoms with van der Waals surface area (Å²) in [6, 6.07) is 7.28. The Morgan fingerprint density at radius 3 is 2.69 bits per heavy atom. The maximum atomic E-state index is 10.7. The molecule has 1 aromatic carbocycles. The molecule has 0 radical (unpaired) electrons. The molecule has 0 fully saturated rings. The molecular formula is C11H14O4S. The van der Waals surface area contributed by atoms with Gasteiger partial charge in [0.2, 0.25) is 0 Å². The van der Waals surface area contributed by atoms with Crippen LogP contribution in [0.4, 0.5) is 0 Å². The first kappa shape index (κ1) is 12.9. The van der Waals surface area contributed by atoms with Crippen LogP contribution < -0.4 is 4.74 Å². The van der Waals surface area contributed by atoms with E-state index in [2.05, 4.69) is 0 Å². The van der Waals surface area contributed by atoms with Gasteiger partial charge in [0.05, 0.1) is 7.11 Å². The normalized spacial score (nSPS) is 14.2. The molecule has 5 heteroatoms. The highest BCUT2D eigenvalue weighted by Crippen LogP contribution is 2.30. The molecule has 1 unspecified atom stereocenters. The summed E-state index contributed by atoms with van der Waals surface area (Å²) in [6.45, 7) is 1.28. The summed E-state index contributed by atoms with van der Waals surface area (Å²) in [5, 5.41) is 18.3. The lowest BCUT2D eigenvalue weighted by Gasteiger charge is -2.17. The largest absolute Gasteiger partial charge is 0.496 e. The van der Waals surface area contributed by atoms with Crippen molar-refractivity contribution in [3.8, 4) is 5.75 Å². The number of hydrogen-bond donors (Lipinski definition) is 2. The van der Waals surface area contributed by atoms with Crippen LogP contribution in [0.5, 0.6) is 5.75 Å². The SMILES string of the molecule is COc1ccccc1SCC(C)(O)C(=O)O. The predicted molar refractivity (Wildman–Crippen MR) is 62.0 cm³/mol. The van der Waals surface area contributed by atoms with Crippen molar-refractivity contribution in [3.05, 3.63) is 24.3 Å². The topological polar surface area (TPSA) is 66.8 Å². The van der Waals surface area contributed by atoms with Gasteiger partial charge in [0.1, 0.15) is 5.75 Å². The molecule has 0 aromatic heterocycles. The number of carboxylic acid groups (broad SMARTS) is 1. The van der Waals surface area contributed by atoms with Crippen molar-refractivity contribution in [2.24, 2.45) is 0 Å². The molecule has 16 heavy (non-hydrogen) atoms. The van der Waals surface area contributed by atoms with Gasteiger partial charge in [-0.25, -0.2) is 4.79 Å². The van der Waals surface area contributed by atoms with E-state index in [-0.39, 0.29) is 5.75 Å². The fourth-order valence-electron chi connectivity index (χ4n) is 1.02. The van der Waals surface area contributed by atoms with E-state index >= 15 is 0 Å². The Kier molecular flexibility index (Phi) is 4.20. The first-order chi connectivity index (χ1) is 7.47. The van der Waals surface area contributed by atoms with Crippen molar-refractivity contribution < 1.29 is 19.7 Å². The molecule has 1 atom stereocenters. The summed E-state index contributed by atoms with van der Waals surface area (Å²) < 4.78 is 5.12. The Morgan fingerprint density at radius 1 is 1.50 bits per heavy atom. The van der Waals surface area contributed by atoms with Crippen molar-refractivity contribution in [3.63, 3.8) is 0 Å². The second-order valence-corrected chi connectivity index (χ2v) is 4.54. The summed E-state index contributed by atoms with van der Waals surface area (Å²) in [4.78, 5) is 11.5. The van der Waals surface area contributed by atoms with Crippen molar-refractivity contribution in [1.29, 1.82) is 0 Å². The van der Waals surface area contributed by atoms with Crippen LogP contribution >= 0.6 is 11.8 Å². The fourth-order valence-corrected chi connectivity index (χ4v) is 2.05. The number of rotatable bonds is 5. The number of thioether (sulfide) groups is 1. The zero-order valence-electron chi connectivity index (χ0n) is 9.14. The summed E-state index contributed by atoms with van der Waals surface area (Å²) in [5.41, 5.74) is -1.73. The number of aliphatic hydroxyl groups is 1. The number of aliphatic carboxylic acids is 1. The second kappa shape index (κ2) is 5.23. The molecule has 1 aromatic rings. The lowest BCUT2D eigenvalue weighted by molar-refractivity contribution is -0.154. The Bertz CT molecular complexity index is 376. The molecule has 0 heterocycles. The van der Waals surface area contributed by atoms with E-state index < -0.39 is 11.6 Å². The minimum atomic E-state index is -1.73. The minimum Gasteiger partial charge on any atom is -0.496 e. The number of methoxy groups -OCH3 is 1. The third kappa shape index (κ3) is 3.15. The molecule has 0 bridgehead atoms. The minimum absolute atomic E-state index is 0.0721. The van der Waals surface area contributed by atoms with E-state index in [0.717, 1.165) is 4.90 Å². The maximum Gasteiger partial charge on any atom is 0.336 e. The molecule has 1 rings (SSSR count). The molecule has 88 valence electrons. The van der Waals surface area contributed by atoms with E-state index in [4.69, 9.17) is 9.84 Å². The van der Waals surface area contributed by atoms with Gasteiger partial charge < -0.3 is 14.9 Å². The van der Waals surface area contributed by atoms with Gasteiger partial charge in [-0.3, -0.25) is 0 Å². The maximum absolute atomic E-state index is 10.7. The van der Waals surface area contributed by atoms with Crippen LogP contribution in [0.2, 0.25) is 0 Å². The van der Waals surface area contributed by atoms with E-state index in [9.17, 15) is 9.90 Å². The molecule has 0 aliphatic carbocycles. The predicted octanol–water partition coefficient (Wildman–Crippen LogP) is 1.62. The van der Waals surface area contributed by atoms with Crippen LogP contribution in [0.25, 0.3) is 0 Å². The number of carbonyl (C=O) groups is 1. The van der Waals surface area contributed by atoms with Crippen LogP contribution in [-0.2, 0) is 4.79 Å². The number of benzene rings is 1. The quantitative estimate of drug-likeness (QED) is 0.768. The Morgan fingerprint density at radius 2 is 2.12 bits per heavy atom. The highest BCUT2D eigenvalue weighted by atomic mass is 32.2.